The highest BCUT2D eigenvalue weighted by Gasteiger charge is 2.11. The molecule has 0 aliphatic rings. The van der Waals surface area contributed by atoms with Crippen molar-refractivity contribution in [1.29, 1.82) is 0 Å². The van der Waals surface area contributed by atoms with Crippen molar-refractivity contribution >= 4 is 23.1 Å². The molecule has 6 heteroatoms. The lowest BCUT2D eigenvalue weighted by Gasteiger charge is -2.14. The number of benzene rings is 1. The number of nitrogens with one attached hydrogen (secondary N) is 2. The second-order valence-corrected chi connectivity index (χ2v) is 6.11. The van der Waals surface area contributed by atoms with Gasteiger partial charge in [0.25, 0.3) is 5.91 Å². The van der Waals surface area contributed by atoms with Gasteiger partial charge in [-0.1, -0.05) is 37.2 Å². The third kappa shape index (κ3) is 4.03. The van der Waals surface area contributed by atoms with E-state index in [4.69, 9.17) is 4.52 Å². The molecule has 6 nitrogen and oxygen atoms in total. The molecule has 0 fully saturated rings. The summed E-state index contributed by atoms with van der Waals surface area (Å²) in [6, 6.07) is 11.5. The summed E-state index contributed by atoms with van der Waals surface area (Å²) in [4.78, 5) is 16.5. The van der Waals surface area contributed by atoms with Gasteiger partial charge in [0.2, 0.25) is 0 Å². The zero-order valence-electron chi connectivity index (χ0n) is 14.4. The summed E-state index contributed by atoms with van der Waals surface area (Å²) in [5.41, 5.74) is 3.39. The van der Waals surface area contributed by atoms with Gasteiger partial charge in [0.05, 0.1) is 17.4 Å². The molecule has 3 aromatic rings. The van der Waals surface area contributed by atoms with Crippen LogP contribution in [0, 0.1) is 6.92 Å². The molecule has 3 rings (SSSR count). The fourth-order valence-corrected chi connectivity index (χ4v) is 2.52. The summed E-state index contributed by atoms with van der Waals surface area (Å²) in [7, 11) is 0. The number of pyridine rings is 1. The van der Waals surface area contributed by atoms with Gasteiger partial charge in [-0.15, -0.1) is 0 Å². The average Bonchev–Trinajstić information content (AvgIpc) is 3.00. The van der Waals surface area contributed by atoms with Crippen LogP contribution in [0.4, 0.5) is 17.2 Å². The molecule has 2 aromatic heterocycles. The number of hydrogen-bond donors (Lipinski definition) is 2. The molecular formula is C19H20N4O2. The van der Waals surface area contributed by atoms with Crippen LogP contribution in [0.2, 0.25) is 0 Å². The molecule has 1 aromatic carbocycles. The number of nitrogens with zero attached hydrogens (tertiary/aromatic N) is 2. The second kappa shape index (κ2) is 7.17. The van der Waals surface area contributed by atoms with Crippen LogP contribution >= 0.6 is 0 Å². The minimum atomic E-state index is -0.290. The summed E-state index contributed by atoms with van der Waals surface area (Å²) in [6.45, 7) is 6.05. The van der Waals surface area contributed by atoms with Crippen LogP contribution in [-0.2, 0) is 0 Å². The number of para-hydroxylation sites is 1. The second-order valence-electron chi connectivity index (χ2n) is 6.11. The first-order valence-electron chi connectivity index (χ1n) is 8.08. The van der Waals surface area contributed by atoms with Crippen molar-refractivity contribution < 1.29 is 9.32 Å². The van der Waals surface area contributed by atoms with Crippen LogP contribution in [0.25, 0.3) is 0 Å². The van der Waals surface area contributed by atoms with E-state index in [1.54, 1.807) is 25.3 Å². The molecule has 25 heavy (non-hydrogen) atoms. The third-order valence-electron chi connectivity index (χ3n) is 3.73. The van der Waals surface area contributed by atoms with Crippen molar-refractivity contribution in [2.75, 3.05) is 10.6 Å². The average molecular weight is 336 g/mol. The number of aromatic nitrogens is 2. The van der Waals surface area contributed by atoms with Gasteiger partial charge in [0, 0.05) is 18.0 Å². The van der Waals surface area contributed by atoms with Gasteiger partial charge in [-0.25, -0.2) is 0 Å². The lowest BCUT2D eigenvalue weighted by Crippen LogP contribution is -2.12. The molecule has 128 valence electrons. The Morgan fingerprint density at radius 3 is 2.68 bits per heavy atom. The molecule has 0 radical (unpaired) electrons. The number of rotatable bonds is 5. The van der Waals surface area contributed by atoms with E-state index >= 15 is 0 Å². The Labute approximate surface area is 146 Å². The van der Waals surface area contributed by atoms with Crippen LogP contribution < -0.4 is 10.6 Å². The van der Waals surface area contributed by atoms with E-state index in [-0.39, 0.29) is 5.91 Å². The fraction of sp³-hybridized carbons (Fsp3) is 0.211. The zero-order chi connectivity index (χ0) is 17.8. The van der Waals surface area contributed by atoms with E-state index in [9.17, 15) is 4.79 Å². The maximum Gasteiger partial charge on any atom is 0.258 e. The van der Waals surface area contributed by atoms with Gasteiger partial charge in [-0.05, 0) is 30.5 Å². The van der Waals surface area contributed by atoms with Gasteiger partial charge in [0.15, 0.2) is 5.82 Å². The zero-order valence-corrected chi connectivity index (χ0v) is 14.4. The highest BCUT2D eigenvalue weighted by molar-refractivity contribution is 6.04. The molecule has 1 amide bonds. The first-order valence-corrected chi connectivity index (χ1v) is 8.08. The molecule has 0 saturated carbocycles. The van der Waals surface area contributed by atoms with Gasteiger partial charge < -0.3 is 15.2 Å². The van der Waals surface area contributed by atoms with Crippen molar-refractivity contribution in [1.82, 2.24) is 10.1 Å². The number of hydrogen-bond acceptors (Lipinski definition) is 5. The molecule has 0 aliphatic carbocycles. The summed E-state index contributed by atoms with van der Waals surface area (Å²) in [6.07, 6.45) is 3.20. The van der Waals surface area contributed by atoms with E-state index < -0.39 is 0 Å². The van der Waals surface area contributed by atoms with Crippen LogP contribution in [0.1, 0.15) is 41.4 Å². The number of carbonyl (C=O) groups excluding carboxylic acids is 1. The highest BCUT2D eigenvalue weighted by atomic mass is 16.5. The first kappa shape index (κ1) is 16.7. The Morgan fingerprint density at radius 1 is 1.16 bits per heavy atom. The molecule has 0 aliphatic heterocycles. The molecule has 2 N–H and O–H groups in total. The van der Waals surface area contributed by atoms with E-state index in [1.807, 2.05) is 18.2 Å². The van der Waals surface area contributed by atoms with Crippen molar-refractivity contribution in [3.63, 3.8) is 0 Å². The third-order valence-corrected chi connectivity index (χ3v) is 3.73. The monoisotopic (exact) mass is 336 g/mol. The summed E-state index contributed by atoms with van der Waals surface area (Å²) < 4.78 is 4.95. The lowest BCUT2D eigenvalue weighted by atomic mass is 10.0. The van der Waals surface area contributed by atoms with E-state index in [0.29, 0.717) is 23.1 Å². The number of carbonyl (C=O) groups is 1. The standard InChI is InChI=1S/C19H20N4O2/c1-12(2)16-6-4-5-7-17(16)21-15-9-14(10-20-11-15)19(24)22-18-8-13(3)25-23-18/h4-12,21H,1-3H3,(H,22,23,24). The number of aryl methyl sites for hydroxylation is 1. The maximum absolute atomic E-state index is 12.3. The molecule has 0 atom stereocenters. The molecule has 2 heterocycles. The SMILES string of the molecule is Cc1cc(NC(=O)c2cncc(Nc3ccccc3C(C)C)c2)no1. The number of anilines is 3. The van der Waals surface area contributed by atoms with Crippen LogP contribution in [0.3, 0.4) is 0 Å². The summed E-state index contributed by atoms with van der Waals surface area (Å²) >= 11 is 0. The minimum Gasteiger partial charge on any atom is -0.360 e. The van der Waals surface area contributed by atoms with E-state index in [1.165, 1.54) is 11.8 Å². The summed E-state index contributed by atoms with van der Waals surface area (Å²) in [5, 5.41) is 9.79. The van der Waals surface area contributed by atoms with Gasteiger partial charge in [-0.3, -0.25) is 9.78 Å². The Bertz CT molecular complexity index is 886. The topological polar surface area (TPSA) is 80.0 Å². The highest BCUT2D eigenvalue weighted by Crippen LogP contribution is 2.27. The van der Waals surface area contributed by atoms with Crippen molar-refractivity contribution in [2.45, 2.75) is 26.7 Å². The smallest absolute Gasteiger partial charge is 0.258 e. The van der Waals surface area contributed by atoms with E-state index in [0.717, 1.165) is 11.4 Å². The van der Waals surface area contributed by atoms with Crippen LogP contribution in [-0.4, -0.2) is 16.0 Å². The van der Waals surface area contributed by atoms with Gasteiger partial charge >= 0.3 is 0 Å². The Balaban J connectivity index is 1.79. The quantitative estimate of drug-likeness (QED) is 0.717. The Morgan fingerprint density at radius 2 is 1.96 bits per heavy atom. The molecule has 0 spiro atoms. The summed E-state index contributed by atoms with van der Waals surface area (Å²) in [5.74, 6) is 1.11. The number of amides is 1. The lowest BCUT2D eigenvalue weighted by molar-refractivity contribution is 0.102. The normalized spacial score (nSPS) is 10.7. The largest absolute Gasteiger partial charge is 0.360 e. The Kier molecular flexibility index (Phi) is 4.79. The van der Waals surface area contributed by atoms with Crippen LogP contribution in [0.15, 0.2) is 53.3 Å². The van der Waals surface area contributed by atoms with Gasteiger partial charge in [-0.2, -0.15) is 0 Å². The fourth-order valence-electron chi connectivity index (χ4n) is 2.52. The predicted octanol–water partition coefficient (Wildman–Crippen LogP) is 4.50. The molecule has 0 bridgehead atoms. The van der Waals surface area contributed by atoms with Crippen molar-refractivity contribution in [3.8, 4) is 0 Å². The Hall–Kier alpha value is -3.15. The predicted molar refractivity (Wildman–Crippen MR) is 97.2 cm³/mol. The molecule has 0 unspecified atom stereocenters. The molecule has 0 saturated heterocycles. The minimum absolute atomic E-state index is 0.290. The van der Waals surface area contributed by atoms with Gasteiger partial charge in [0.1, 0.15) is 5.76 Å². The molecular weight excluding hydrogens is 316 g/mol. The van der Waals surface area contributed by atoms with Crippen molar-refractivity contribution in [3.05, 3.63) is 65.7 Å². The van der Waals surface area contributed by atoms with E-state index in [2.05, 4.69) is 40.7 Å². The van der Waals surface area contributed by atoms with Crippen LogP contribution in [0.5, 0.6) is 0 Å². The first-order chi connectivity index (χ1) is 12.0. The van der Waals surface area contributed by atoms with Crippen molar-refractivity contribution in [2.24, 2.45) is 0 Å². The maximum atomic E-state index is 12.3.